The zero-order chi connectivity index (χ0) is 15.2. The first-order valence-corrected chi connectivity index (χ1v) is 7.68. The fourth-order valence-corrected chi connectivity index (χ4v) is 2.50. The highest BCUT2D eigenvalue weighted by Crippen LogP contribution is 2.17. The molecule has 0 saturated carbocycles. The van der Waals surface area contributed by atoms with E-state index in [2.05, 4.69) is 6.07 Å². The predicted molar refractivity (Wildman–Crippen MR) is 85.2 cm³/mol. The van der Waals surface area contributed by atoms with Gasteiger partial charge < -0.3 is 10.5 Å². The van der Waals surface area contributed by atoms with E-state index < -0.39 is 0 Å². The van der Waals surface area contributed by atoms with Gasteiger partial charge in [0.05, 0.1) is 6.04 Å². The third-order valence-electron chi connectivity index (χ3n) is 3.39. The number of hydrogen-bond acceptors (Lipinski definition) is 4. The van der Waals surface area contributed by atoms with Crippen molar-refractivity contribution in [1.29, 1.82) is 0 Å². The van der Waals surface area contributed by atoms with E-state index in [1.54, 1.807) is 18.3 Å². The SMILES string of the molecule is CC(C(N)=O)N(C)Cc1ccc(OCc2cccs2)cc1. The minimum absolute atomic E-state index is 0.278. The third-order valence-corrected chi connectivity index (χ3v) is 4.24. The summed E-state index contributed by atoms with van der Waals surface area (Å²) in [6.45, 7) is 3.08. The molecule has 1 unspecified atom stereocenters. The van der Waals surface area contributed by atoms with Crippen LogP contribution in [0.3, 0.4) is 0 Å². The molecule has 0 saturated heterocycles. The highest BCUT2D eigenvalue weighted by atomic mass is 32.1. The first-order valence-electron chi connectivity index (χ1n) is 6.80. The van der Waals surface area contributed by atoms with Crippen LogP contribution in [0, 0.1) is 0 Å². The van der Waals surface area contributed by atoms with Gasteiger partial charge in [0.2, 0.25) is 5.91 Å². The minimum Gasteiger partial charge on any atom is -0.488 e. The van der Waals surface area contributed by atoms with Crippen LogP contribution in [0.2, 0.25) is 0 Å². The molecule has 1 amide bonds. The van der Waals surface area contributed by atoms with Gasteiger partial charge in [0.15, 0.2) is 0 Å². The number of benzene rings is 1. The van der Waals surface area contributed by atoms with Crippen LogP contribution in [0.15, 0.2) is 41.8 Å². The molecule has 0 radical (unpaired) electrons. The molecule has 1 heterocycles. The third kappa shape index (κ3) is 4.58. The highest BCUT2D eigenvalue weighted by molar-refractivity contribution is 7.09. The van der Waals surface area contributed by atoms with E-state index in [9.17, 15) is 4.79 Å². The normalized spacial score (nSPS) is 12.3. The van der Waals surface area contributed by atoms with Crippen LogP contribution in [-0.4, -0.2) is 23.9 Å². The summed E-state index contributed by atoms with van der Waals surface area (Å²) in [5, 5.41) is 2.04. The Morgan fingerprint density at radius 1 is 1.33 bits per heavy atom. The first-order chi connectivity index (χ1) is 10.1. The summed E-state index contributed by atoms with van der Waals surface area (Å²) in [6.07, 6.45) is 0. The summed E-state index contributed by atoms with van der Waals surface area (Å²) in [5.41, 5.74) is 6.42. The highest BCUT2D eigenvalue weighted by Gasteiger charge is 2.14. The Morgan fingerprint density at radius 2 is 2.05 bits per heavy atom. The second-order valence-electron chi connectivity index (χ2n) is 5.01. The van der Waals surface area contributed by atoms with Crippen LogP contribution in [0.1, 0.15) is 17.4 Å². The van der Waals surface area contributed by atoms with Crippen molar-refractivity contribution >= 4 is 17.2 Å². The molecule has 0 spiro atoms. The van der Waals surface area contributed by atoms with Crippen molar-refractivity contribution in [3.63, 3.8) is 0 Å². The van der Waals surface area contributed by atoms with Gasteiger partial charge >= 0.3 is 0 Å². The van der Waals surface area contributed by atoms with Gasteiger partial charge in [0, 0.05) is 11.4 Å². The van der Waals surface area contributed by atoms with Gasteiger partial charge in [-0.1, -0.05) is 18.2 Å². The van der Waals surface area contributed by atoms with Crippen LogP contribution in [0.4, 0.5) is 0 Å². The Kier molecular flexibility index (Phi) is 5.36. The number of primary amides is 1. The maximum atomic E-state index is 11.1. The number of likely N-dealkylation sites (N-methyl/N-ethyl adjacent to an activating group) is 1. The summed E-state index contributed by atoms with van der Waals surface area (Å²) < 4.78 is 5.72. The molecule has 0 fully saturated rings. The van der Waals surface area contributed by atoms with E-state index in [-0.39, 0.29) is 11.9 Å². The molecule has 5 heteroatoms. The summed E-state index contributed by atoms with van der Waals surface area (Å²) in [5.74, 6) is 0.533. The van der Waals surface area contributed by atoms with E-state index in [1.807, 2.05) is 47.7 Å². The molecule has 2 aromatic rings. The molecular weight excluding hydrogens is 284 g/mol. The number of carbonyl (C=O) groups is 1. The smallest absolute Gasteiger partial charge is 0.234 e. The fraction of sp³-hybridized carbons (Fsp3) is 0.312. The van der Waals surface area contributed by atoms with Crippen molar-refractivity contribution in [2.24, 2.45) is 5.73 Å². The number of ether oxygens (including phenoxy) is 1. The van der Waals surface area contributed by atoms with Gasteiger partial charge in [-0.3, -0.25) is 9.69 Å². The average Bonchev–Trinajstić information content (AvgIpc) is 2.99. The van der Waals surface area contributed by atoms with Crippen LogP contribution in [0.5, 0.6) is 5.75 Å². The van der Waals surface area contributed by atoms with Gasteiger partial charge in [-0.25, -0.2) is 0 Å². The number of carbonyl (C=O) groups excluding carboxylic acids is 1. The van der Waals surface area contributed by atoms with E-state index in [1.165, 1.54) is 4.88 Å². The van der Waals surface area contributed by atoms with E-state index in [0.717, 1.165) is 11.3 Å². The van der Waals surface area contributed by atoms with Gasteiger partial charge in [0.1, 0.15) is 12.4 Å². The Balaban J connectivity index is 1.88. The first kappa shape index (κ1) is 15.5. The Bertz CT molecular complexity index is 566. The fourth-order valence-electron chi connectivity index (χ4n) is 1.88. The average molecular weight is 304 g/mol. The minimum atomic E-state index is -0.312. The Morgan fingerprint density at radius 3 is 2.62 bits per heavy atom. The monoisotopic (exact) mass is 304 g/mol. The number of rotatable bonds is 7. The van der Waals surface area contributed by atoms with Gasteiger partial charge in [-0.15, -0.1) is 11.3 Å². The topological polar surface area (TPSA) is 55.6 Å². The molecule has 1 aromatic carbocycles. The zero-order valence-corrected chi connectivity index (χ0v) is 13.1. The number of nitrogens with zero attached hydrogens (tertiary/aromatic N) is 1. The second kappa shape index (κ2) is 7.24. The van der Waals surface area contributed by atoms with Crippen molar-refractivity contribution in [2.45, 2.75) is 26.1 Å². The standard InChI is InChI=1S/C16H20N2O2S/c1-12(16(17)19)18(2)10-13-5-7-14(8-6-13)20-11-15-4-3-9-21-15/h3-9,12H,10-11H2,1-2H3,(H2,17,19). The lowest BCUT2D eigenvalue weighted by molar-refractivity contribution is -0.122. The zero-order valence-electron chi connectivity index (χ0n) is 12.3. The number of hydrogen-bond donors (Lipinski definition) is 1. The summed E-state index contributed by atoms with van der Waals surface area (Å²) >= 11 is 1.68. The second-order valence-corrected chi connectivity index (χ2v) is 6.04. The maximum Gasteiger partial charge on any atom is 0.234 e. The lowest BCUT2D eigenvalue weighted by Gasteiger charge is -2.21. The molecule has 2 rings (SSSR count). The molecule has 0 aliphatic carbocycles. The molecule has 1 aromatic heterocycles. The molecule has 4 nitrogen and oxygen atoms in total. The largest absolute Gasteiger partial charge is 0.488 e. The van der Waals surface area contributed by atoms with Crippen molar-refractivity contribution in [1.82, 2.24) is 4.90 Å². The lowest BCUT2D eigenvalue weighted by Crippen LogP contribution is -2.39. The molecule has 2 N–H and O–H groups in total. The van der Waals surface area contributed by atoms with Gasteiger partial charge in [-0.2, -0.15) is 0 Å². The summed E-state index contributed by atoms with van der Waals surface area (Å²) in [7, 11) is 1.89. The van der Waals surface area contributed by atoms with Crippen molar-refractivity contribution < 1.29 is 9.53 Å². The molecule has 21 heavy (non-hydrogen) atoms. The Hall–Kier alpha value is -1.85. The van der Waals surface area contributed by atoms with Crippen molar-refractivity contribution in [3.05, 3.63) is 52.2 Å². The molecule has 112 valence electrons. The van der Waals surface area contributed by atoms with E-state index in [4.69, 9.17) is 10.5 Å². The number of amides is 1. The van der Waals surface area contributed by atoms with E-state index >= 15 is 0 Å². The summed E-state index contributed by atoms with van der Waals surface area (Å²) in [6, 6.07) is 11.7. The molecular formula is C16H20N2O2S. The van der Waals surface area contributed by atoms with Crippen LogP contribution >= 0.6 is 11.3 Å². The molecule has 0 aliphatic rings. The van der Waals surface area contributed by atoms with Crippen LogP contribution in [-0.2, 0) is 17.9 Å². The maximum absolute atomic E-state index is 11.1. The lowest BCUT2D eigenvalue weighted by atomic mass is 10.2. The van der Waals surface area contributed by atoms with Gasteiger partial charge in [0.25, 0.3) is 0 Å². The summed E-state index contributed by atoms with van der Waals surface area (Å²) in [4.78, 5) is 14.3. The molecule has 1 atom stereocenters. The molecule has 0 bridgehead atoms. The number of thiophene rings is 1. The van der Waals surface area contributed by atoms with Crippen LogP contribution in [0.25, 0.3) is 0 Å². The Labute approximate surface area is 129 Å². The number of nitrogens with two attached hydrogens (primary N) is 1. The molecule has 0 aliphatic heterocycles. The van der Waals surface area contributed by atoms with Gasteiger partial charge in [-0.05, 0) is 43.1 Å². The quantitative estimate of drug-likeness (QED) is 0.855. The van der Waals surface area contributed by atoms with Crippen molar-refractivity contribution in [3.8, 4) is 5.75 Å². The van der Waals surface area contributed by atoms with E-state index in [0.29, 0.717) is 13.2 Å². The van der Waals surface area contributed by atoms with Crippen molar-refractivity contribution in [2.75, 3.05) is 7.05 Å². The van der Waals surface area contributed by atoms with Crippen LogP contribution < -0.4 is 10.5 Å². The predicted octanol–water partition coefficient (Wildman–Crippen LogP) is 2.63.